The summed E-state index contributed by atoms with van der Waals surface area (Å²) in [4.78, 5) is 0. The highest BCUT2D eigenvalue weighted by Gasteiger charge is 2.20. The molecule has 1 aromatic rings. The van der Waals surface area contributed by atoms with E-state index in [2.05, 4.69) is 58.0 Å². The van der Waals surface area contributed by atoms with Crippen molar-refractivity contribution in [2.24, 2.45) is 18.4 Å². The molecule has 0 aliphatic rings. The zero-order valence-electron chi connectivity index (χ0n) is 14.5. The van der Waals surface area contributed by atoms with Crippen molar-refractivity contribution in [1.82, 2.24) is 15.1 Å². The van der Waals surface area contributed by atoms with Gasteiger partial charge in [-0.15, -0.1) is 0 Å². The van der Waals surface area contributed by atoms with Crippen molar-refractivity contribution in [3.63, 3.8) is 0 Å². The molecule has 1 N–H and O–H groups in total. The van der Waals surface area contributed by atoms with E-state index in [-0.39, 0.29) is 0 Å². The lowest BCUT2D eigenvalue weighted by Gasteiger charge is -2.27. The van der Waals surface area contributed by atoms with Gasteiger partial charge < -0.3 is 5.32 Å². The fourth-order valence-corrected chi connectivity index (χ4v) is 3.25. The minimum absolute atomic E-state index is 0.416. The van der Waals surface area contributed by atoms with Crippen molar-refractivity contribution >= 4 is 0 Å². The number of likely N-dealkylation sites (N-methyl/N-ethyl adjacent to an activating group) is 1. The Bertz CT molecular complexity index is 401. The molecule has 1 rings (SSSR count). The molecule has 2 unspecified atom stereocenters. The van der Waals surface area contributed by atoms with Gasteiger partial charge in [-0.05, 0) is 43.7 Å². The molecule has 0 aliphatic carbocycles. The maximum absolute atomic E-state index is 4.45. The average Bonchev–Trinajstić information content (AvgIpc) is 2.54. The highest BCUT2D eigenvalue weighted by Crippen LogP contribution is 2.27. The van der Waals surface area contributed by atoms with Crippen molar-refractivity contribution in [1.29, 1.82) is 0 Å². The number of nitrogens with one attached hydrogen (secondary N) is 1. The van der Waals surface area contributed by atoms with Gasteiger partial charge in [0.05, 0.1) is 5.69 Å². The molecule has 0 saturated heterocycles. The van der Waals surface area contributed by atoms with Crippen LogP contribution in [-0.4, -0.2) is 22.4 Å². The Hall–Kier alpha value is -0.830. The summed E-state index contributed by atoms with van der Waals surface area (Å²) < 4.78 is 2.02. The summed E-state index contributed by atoms with van der Waals surface area (Å²) in [7, 11) is 2.05. The fraction of sp³-hybridized carbons (Fsp3) is 0.824. The summed E-state index contributed by atoms with van der Waals surface area (Å²) in [6.45, 7) is 14.7. The van der Waals surface area contributed by atoms with E-state index in [1.54, 1.807) is 0 Å². The highest BCUT2D eigenvalue weighted by atomic mass is 15.3. The van der Waals surface area contributed by atoms with Gasteiger partial charge in [0.2, 0.25) is 0 Å². The van der Waals surface area contributed by atoms with E-state index in [0.717, 1.165) is 24.6 Å². The SMILES string of the molecule is CCNC(Cc1cc(C)nn1C)CC(C)CC(C)(C)C. The Morgan fingerprint density at radius 1 is 1.35 bits per heavy atom. The predicted octanol–water partition coefficient (Wildman–Crippen LogP) is 3.71. The zero-order chi connectivity index (χ0) is 15.3. The van der Waals surface area contributed by atoms with Gasteiger partial charge in [0.25, 0.3) is 0 Å². The van der Waals surface area contributed by atoms with Crippen molar-refractivity contribution in [3.05, 3.63) is 17.5 Å². The first-order valence-electron chi connectivity index (χ1n) is 7.94. The van der Waals surface area contributed by atoms with E-state index < -0.39 is 0 Å². The molecule has 20 heavy (non-hydrogen) atoms. The molecule has 0 radical (unpaired) electrons. The second-order valence-corrected chi connectivity index (χ2v) is 7.47. The summed E-state index contributed by atoms with van der Waals surface area (Å²) in [5.41, 5.74) is 2.86. The van der Waals surface area contributed by atoms with Crippen LogP contribution < -0.4 is 5.32 Å². The van der Waals surface area contributed by atoms with Crippen LogP contribution in [0.15, 0.2) is 6.07 Å². The number of hydrogen-bond donors (Lipinski definition) is 1. The van der Waals surface area contributed by atoms with Gasteiger partial charge in [-0.25, -0.2) is 0 Å². The number of rotatable bonds is 7. The summed E-state index contributed by atoms with van der Waals surface area (Å²) in [5.74, 6) is 0.744. The quantitative estimate of drug-likeness (QED) is 0.824. The third kappa shape index (κ3) is 6.08. The maximum Gasteiger partial charge on any atom is 0.0596 e. The minimum Gasteiger partial charge on any atom is -0.314 e. The first-order valence-corrected chi connectivity index (χ1v) is 7.94. The monoisotopic (exact) mass is 279 g/mol. The van der Waals surface area contributed by atoms with Gasteiger partial charge in [-0.1, -0.05) is 34.6 Å². The molecular weight excluding hydrogens is 246 g/mol. The molecule has 0 spiro atoms. The first kappa shape index (κ1) is 17.2. The van der Waals surface area contributed by atoms with Gasteiger partial charge in [-0.2, -0.15) is 5.10 Å². The average molecular weight is 279 g/mol. The lowest BCUT2D eigenvalue weighted by Crippen LogP contribution is -2.34. The molecule has 116 valence electrons. The number of nitrogens with zero attached hydrogens (tertiary/aromatic N) is 2. The Labute approximate surface area is 125 Å². The third-order valence-electron chi connectivity index (χ3n) is 3.69. The topological polar surface area (TPSA) is 29.9 Å². The molecule has 3 nitrogen and oxygen atoms in total. The van der Waals surface area contributed by atoms with Crippen LogP contribution >= 0.6 is 0 Å². The fourth-order valence-electron chi connectivity index (χ4n) is 3.25. The van der Waals surface area contributed by atoms with Crippen LogP contribution in [0.2, 0.25) is 0 Å². The van der Waals surface area contributed by atoms with Crippen LogP contribution in [0.5, 0.6) is 0 Å². The number of aryl methyl sites for hydroxylation is 2. The molecule has 0 fully saturated rings. The van der Waals surface area contributed by atoms with Crippen LogP contribution in [0.1, 0.15) is 58.8 Å². The van der Waals surface area contributed by atoms with Gasteiger partial charge in [0.1, 0.15) is 0 Å². The Morgan fingerprint density at radius 3 is 2.45 bits per heavy atom. The van der Waals surface area contributed by atoms with Crippen molar-refractivity contribution in [2.45, 2.75) is 66.8 Å². The molecule has 0 aromatic carbocycles. The molecule has 3 heteroatoms. The van der Waals surface area contributed by atoms with Gasteiger partial charge in [-0.3, -0.25) is 4.68 Å². The standard InChI is InChI=1S/C17H33N3/c1-8-18-15(9-13(2)12-17(4,5)6)11-16-10-14(3)19-20(16)7/h10,13,15,18H,8-9,11-12H2,1-7H3. The van der Waals surface area contributed by atoms with Crippen LogP contribution in [0.25, 0.3) is 0 Å². The highest BCUT2D eigenvalue weighted by molar-refractivity contribution is 5.10. The molecule has 0 aliphatic heterocycles. The summed E-state index contributed by atoms with van der Waals surface area (Å²) in [6.07, 6.45) is 3.58. The van der Waals surface area contributed by atoms with E-state index in [4.69, 9.17) is 0 Å². The zero-order valence-corrected chi connectivity index (χ0v) is 14.5. The van der Waals surface area contributed by atoms with Gasteiger partial charge >= 0.3 is 0 Å². The summed E-state index contributed by atoms with van der Waals surface area (Å²) in [6, 6.07) is 2.76. The van der Waals surface area contributed by atoms with E-state index in [0.29, 0.717) is 11.5 Å². The maximum atomic E-state index is 4.45. The normalized spacial score (nSPS) is 15.3. The largest absolute Gasteiger partial charge is 0.314 e. The van der Waals surface area contributed by atoms with E-state index >= 15 is 0 Å². The molecule has 0 saturated carbocycles. The third-order valence-corrected chi connectivity index (χ3v) is 3.69. The second-order valence-electron chi connectivity index (χ2n) is 7.47. The molecule has 1 heterocycles. The van der Waals surface area contributed by atoms with Gasteiger partial charge in [0.15, 0.2) is 0 Å². The smallest absolute Gasteiger partial charge is 0.0596 e. The Kier molecular flexibility index (Phi) is 6.25. The summed E-state index contributed by atoms with van der Waals surface area (Å²) >= 11 is 0. The minimum atomic E-state index is 0.416. The van der Waals surface area contributed by atoms with Crippen LogP contribution in [0, 0.1) is 18.3 Å². The molecular formula is C17H33N3. The summed E-state index contributed by atoms with van der Waals surface area (Å²) in [5, 5.41) is 8.09. The molecule has 1 aromatic heterocycles. The van der Waals surface area contributed by atoms with Crippen molar-refractivity contribution in [3.8, 4) is 0 Å². The van der Waals surface area contributed by atoms with Gasteiger partial charge in [0, 0.05) is 25.2 Å². The number of aromatic nitrogens is 2. The lowest BCUT2D eigenvalue weighted by molar-refractivity contribution is 0.274. The molecule has 0 amide bonds. The van der Waals surface area contributed by atoms with E-state index in [1.807, 2.05) is 11.7 Å². The number of hydrogen-bond acceptors (Lipinski definition) is 2. The van der Waals surface area contributed by atoms with Crippen LogP contribution in [0.4, 0.5) is 0 Å². The Balaban J connectivity index is 2.62. The Morgan fingerprint density at radius 2 is 2.00 bits per heavy atom. The van der Waals surface area contributed by atoms with Crippen molar-refractivity contribution in [2.75, 3.05) is 6.54 Å². The van der Waals surface area contributed by atoms with Crippen LogP contribution in [-0.2, 0) is 13.5 Å². The van der Waals surface area contributed by atoms with Crippen molar-refractivity contribution < 1.29 is 0 Å². The first-order chi connectivity index (χ1) is 9.21. The molecule has 2 atom stereocenters. The van der Waals surface area contributed by atoms with E-state index in [1.165, 1.54) is 18.5 Å². The predicted molar refractivity (Wildman–Crippen MR) is 87.0 cm³/mol. The second kappa shape index (κ2) is 7.26. The molecule has 0 bridgehead atoms. The van der Waals surface area contributed by atoms with E-state index in [9.17, 15) is 0 Å². The van der Waals surface area contributed by atoms with Crippen LogP contribution in [0.3, 0.4) is 0 Å². The lowest BCUT2D eigenvalue weighted by atomic mass is 9.82.